The number of ether oxygens (including phenoxy) is 3. The van der Waals surface area contributed by atoms with Crippen LogP contribution in [0, 0.1) is 56.7 Å². The first-order chi connectivity index (χ1) is 21.7. The molecule has 0 radical (unpaired) electrons. The SMILES string of the molecule is C=C(C)[C@H]1CC[C@@]2(C(=O)OC)CC[C@]3(COC(=O)c4ccccc4)[C@H](CC[C@H]4[C@@]5(C)CC[C@H](OC(C)=O)C(C)(C)[C@H]5CC[C@]43C)[C@@H]12. The van der Waals surface area contributed by atoms with Gasteiger partial charge in [0.05, 0.1) is 24.7 Å². The second-order valence-corrected chi connectivity index (χ2v) is 17.0. The van der Waals surface area contributed by atoms with E-state index < -0.39 is 5.41 Å². The largest absolute Gasteiger partial charge is 0.469 e. The molecule has 0 aliphatic heterocycles. The molecule has 6 heteroatoms. The maximum absolute atomic E-state index is 13.8. The van der Waals surface area contributed by atoms with Gasteiger partial charge in [0.1, 0.15) is 6.10 Å². The maximum atomic E-state index is 13.8. The zero-order chi connectivity index (χ0) is 33.3. The van der Waals surface area contributed by atoms with E-state index in [-0.39, 0.29) is 63.4 Å². The lowest BCUT2D eigenvalue weighted by Gasteiger charge is -2.73. The number of allylic oxidation sites excluding steroid dienone is 1. The first-order valence-corrected chi connectivity index (χ1v) is 17.8. The summed E-state index contributed by atoms with van der Waals surface area (Å²) in [5, 5.41) is 0. The summed E-state index contributed by atoms with van der Waals surface area (Å²) in [6.45, 7) is 18.1. The summed E-state index contributed by atoms with van der Waals surface area (Å²) < 4.78 is 18.0. The summed E-state index contributed by atoms with van der Waals surface area (Å²) in [6, 6.07) is 9.34. The van der Waals surface area contributed by atoms with Gasteiger partial charge in [-0.05, 0) is 124 Å². The van der Waals surface area contributed by atoms with E-state index in [4.69, 9.17) is 14.2 Å². The normalized spacial score (nSPS) is 42.3. The Labute approximate surface area is 276 Å². The van der Waals surface area contributed by atoms with Gasteiger partial charge >= 0.3 is 17.9 Å². The van der Waals surface area contributed by atoms with Gasteiger partial charge < -0.3 is 14.2 Å². The summed E-state index contributed by atoms with van der Waals surface area (Å²) in [5.74, 6) is 0.920. The van der Waals surface area contributed by atoms with Crippen LogP contribution in [0.3, 0.4) is 0 Å². The van der Waals surface area contributed by atoms with Crippen molar-refractivity contribution < 1.29 is 28.6 Å². The molecule has 6 rings (SSSR count). The molecule has 0 N–H and O–H groups in total. The number of carbonyl (C=O) groups excluding carboxylic acids is 3. The maximum Gasteiger partial charge on any atom is 0.338 e. The van der Waals surface area contributed by atoms with Crippen LogP contribution in [0.5, 0.6) is 0 Å². The van der Waals surface area contributed by atoms with E-state index in [1.165, 1.54) is 6.92 Å². The number of methoxy groups -OCH3 is 1. The van der Waals surface area contributed by atoms with Crippen molar-refractivity contribution in [3.05, 3.63) is 48.0 Å². The molecular weight excluding hydrogens is 576 g/mol. The van der Waals surface area contributed by atoms with Crippen molar-refractivity contribution in [2.45, 2.75) is 112 Å². The average molecular weight is 633 g/mol. The molecule has 5 saturated carbocycles. The Morgan fingerprint density at radius 3 is 2.22 bits per heavy atom. The van der Waals surface area contributed by atoms with Gasteiger partial charge in [0.15, 0.2) is 0 Å². The molecule has 0 bridgehead atoms. The van der Waals surface area contributed by atoms with Crippen LogP contribution in [0.2, 0.25) is 0 Å². The molecule has 0 unspecified atom stereocenters. The van der Waals surface area contributed by atoms with Crippen molar-refractivity contribution in [3.8, 4) is 0 Å². The molecule has 0 aromatic heterocycles. The van der Waals surface area contributed by atoms with E-state index in [1.54, 1.807) is 7.11 Å². The number of rotatable bonds is 6. The Kier molecular flexibility index (Phi) is 8.33. The summed E-state index contributed by atoms with van der Waals surface area (Å²) in [6.07, 6.45) is 9.40. The topological polar surface area (TPSA) is 78.9 Å². The minimum atomic E-state index is -0.510. The second kappa shape index (κ2) is 11.5. The summed E-state index contributed by atoms with van der Waals surface area (Å²) in [7, 11) is 1.54. The van der Waals surface area contributed by atoms with Crippen LogP contribution in [-0.4, -0.2) is 37.7 Å². The molecule has 0 saturated heterocycles. The minimum absolute atomic E-state index is 0.0644. The lowest BCUT2D eigenvalue weighted by atomic mass is 9.32. The highest BCUT2D eigenvalue weighted by molar-refractivity contribution is 5.89. The quantitative estimate of drug-likeness (QED) is 0.178. The fourth-order valence-corrected chi connectivity index (χ4v) is 13.1. The van der Waals surface area contributed by atoms with Crippen molar-refractivity contribution in [2.24, 2.45) is 56.7 Å². The molecule has 1 aromatic rings. The fourth-order valence-electron chi connectivity index (χ4n) is 13.1. The first-order valence-electron chi connectivity index (χ1n) is 17.8. The van der Waals surface area contributed by atoms with Crippen LogP contribution in [-0.2, 0) is 23.8 Å². The second-order valence-electron chi connectivity index (χ2n) is 17.0. The molecule has 46 heavy (non-hydrogen) atoms. The number of hydrogen-bond acceptors (Lipinski definition) is 6. The van der Waals surface area contributed by atoms with Gasteiger partial charge in [0.2, 0.25) is 0 Å². The van der Waals surface area contributed by atoms with Gasteiger partial charge in [0.25, 0.3) is 0 Å². The highest BCUT2D eigenvalue weighted by atomic mass is 16.5. The van der Waals surface area contributed by atoms with Gasteiger partial charge in [-0.3, -0.25) is 9.59 Å². The van der Waals surface area contributed by atoms with Gasteiger partial charge in [-0.2, -0.15) is 0 Å². The number of hydrogen-bond donors (Lipinski definition) is 0. The molecule has 5 fully saturated rings. The molecule has 0 spiro atoms. The van der Waals surface area contributed by atoms with Crippen molar-refractivity contribution in [2.75, 3.05) is 13.7 Å². The van der Waals surface area contributed by atoms with Gasteiger partial charge in [-0.25, -0.2) is 4.79 Å². The third kappa shape index (κ3) is 4.65. The van der Waals surface area contributed by atoms with Crippen LogP contribution >= 0.6 is 0 Å². The van der Waals surface area contributed by atoms with E-state index >= 15 is 0 Å². The molecule has 0 amide bonds. The smallest absolute Gasteiger partial charge is 0.338 e. The average Bonchev–Trinajstić information content (AvgIpc) is 3.42. The zero-order valence-electron chi connectivity index (χ0n) is 29.3. The molecule has 0 heterocycles. The van der Waals surface area contributed by atoms with Crippen LogP contribution < -0.4 is 0 Å². The Bertz CT molecular complexity index is 1380. The fraction of sp³-hybridized carbons (Fsp3) is 0.725. The van der Waals surface area contributed by atoms with Gasteiger partial charge in [-0.1, -0.05) is 58.0 Å². The molecule has 5 aliphatic carbocycles. The molecule has 5 aliphatic rings. The molecule has 10 atom stereocenters. The van der Waals surface area contributed by atoms with Crippen LogP contribution in [0.15, 0.2) is 42.5 Å². The van der Waals surface area contributed by atoms with Crippen molar-refractivity contribution in [3.63, 3.8) is 0 Å². The van der Waals surface area contributed by atoms with Crippen molar-refractivity contribution in [1.82, 2.24) is 0 Å². The first kappa shape index (κ1) is 33.3. The van der Waals surface area contributed by atoms with E-state index in [0.717, 1.165) is 69.8 Å². The molecule has 6 nitrogen and oxygen atoms in total. The summed E-state index contributed by atoms with van der Waals surface area (Å²) in [4.78, 5) is 39.5. The van der Waals surface area contributed by atoms with Crippen LogP contribution in [0.25, 0.3) is 0 Å². The number of fused-ring (bicyclic) bond motifs is 7. The molecular formula is C40H56O6. The third-order valence-electron chi connectivity index (χ3n) is 15.0. The Balaban J connectivity index is 1.44. The van der Waals surface area contributed by atoms with Crippen molar-refractivity contribution >= 4 is 17.9 Å². The highest BCUT2D eigenvalue weighted by Gasteiger charge is 2.74. The predicted molar refractivity (Wildman–Crippen MR) is 178 cm³/mol. The number of benzene rings is 1. The van der Waals surface area contributed by atoms with E-state index in [1.807, 2.05) is 30.3 Å². The van der Waals surface area contributed by atoms with Gasteiger partial charge in [-0.15, -0.1) is 0 Å². The molecule has 252 valence electrons. The monoisotopic (exact) mass is 632 g/mol. The van der Waals surface area contributed by atoms with Crippen molar-refractivity contribution in [1.29, 1.82) is 0 Å². The highest BCUT2D eigenvalue weighted by Crippen LogP contribution is 2.78. The Hall–Kier alpha value is -2.63. The Morgan fingerprint density at radius 1 is 0.848 bits per heavy atom. The standard InChI is InChI=1S/C40H56O6/c1-25(2)28-16-21-39(35(43)44-8)22-23-40(24-45-34(42)27-12-10-9-11-13-27)29(33(28)39)14-15-31-37(6)19-18-32(46-26(3)41)36(4,5)30(37)17-20-38(31,40)7/h9-13,28-33H,1,14-24H2,2-8H3/t28-,29-,30-,31+,32+,33-,37+,38-,39-,40+/m1/s1. The van der Waals surface area contributed by atoms with E-state index in [9.17, 15) is 14.4 Å². The number of carbonyl (C=O) groups is 3. The summed E-state index contributed by atoms with van der Waals surface area (Å²) >= 11 is 0. The Morgan fingerprint density at radius 2 is 1.57 bits per heavy atom. The predicted octanol–water partition coefficient (Wildman–Crippen LogP) is 8.59. The number of esters is 3. The van der Waals surface area contributed by atoms with E-state index in [2.05, 4.69) is 41.2 Å². The lowest BCUT2D eigenvalue weighted by molar-refractivity contribution is -0.263. The lowest BCUT2D eigenvalue weighted by Crippen LogP contribution is -2.69. The van der Waals surface area contributed by atoms with E-state index in [0.29, 0.717) is 24.0 Å². The van der Waals surface area contributed by atoms with Crippen LogP contribution in [0.4, 0.5) is 0 Å². The van der Waals surface area contributed by atoms with Gasteiger partial charge in [0, 0.05) is 17.8 Å². The summed E-state index contributed by atoms with van der Waals surface area (Å²) in [5.41, 5.74) is 0.792. The van der Waals surface area contributed by atoms with Crippen LogP contribution in [0.1, 0.15) is 116 Å². The third-order valence-corrected chi connectivity index (χ3v) is 15.0. The molecule has 1 aromatic carbocycles. The minimum Gasteiger partial charge on any atom is -0.469 e. The zero-order valence-corrected chi connectivity index (χ0v) is 29.3.